The van der Waals surface area contributed by atoms with Crippen molar-refractivity contribution in [2.24, 2.45) is 5.73 Å². The minimum absolute atomic E-state index is 0.0917. The molecule has 0 fully saturated rings. The maximum atomic E-state index is 7.10. The van der Waals surface area contributed by atoms with E-state index < -0.39 is 7.04 Å². The van der Waals surface area contributed by atoms with Crippen molar-refractivity contribution in [3.05, 3.63) is 23.8 Å². The van der Waals surface area contributed by atoms with Crippen LogP contribution in [-0.2, 0) is 0 Å². The Morgan fingerprint density at radius 2 is 2.20 bits per heavy atom. The number of rotatable bonds is 5. The second-order valence-corrected chi connectivity index (χ2v) is 3.26. The fraction of sp³-hybridized carbons (Fsp3) is 0.500. The van der Waals surface area contributed by atoms with Crippen LogP contribution in [0.2, 0.25) is 0 Å². The van der Waals surface area contributed by atoms with Crippen molar-refractivity contribution >= 4 is 0 Å². The van der Waals surface area contributed by atoms with E-state index in [0.29, 0.717) is 12.4 Å². The van der Waals surface area contributed by atoms with Crippen LogP contribution >= 0.6 is 0 Å². The monoisotopic (exact) mass is 212 g/mol. The minimum Gasteiger partial charge on any atom is -0.493 e. The molecule has 0 saturated heterocycles. The standard InChI is InChI=1S/C12H19NO2/c1-4-10(13)9-6-7-11(14-3)12(8-9)15-5-2/h6-8,10H,4-5,13H2,1-3H3/i3D3. The molecule has 0 aliphatic carbocycles. The molecule has 1 aromatic rings. The van der Waals surface area contributed by atoms with E-state index in [1.54, 1.807) is 18.2 Å². The lowest BCUT2D eigenvalue weighted by molar-refractivity contribution is 0.310. The molecule has 0 saturated carbocycles. The van der Waals surface area contributed by atoms with Gasteiger partial charge in [0.1, 0.15) is 0 Å². The van der Waals surface area contributed by atoms with Crippen LogP contribution in [0.15, 0.2) is 18.2 Å². The Hall–Kier alpha value is -1.22. The maximum Gasteiger partial charge on any atom is 0.161 e. The molecule has 1 unspecified atom stereocenters. The molecular formula is C12H19NO2. The molecule has 1 rings (SSSR count). The van der Waals surface area contributed by atoms with Crippen molar-refractivity contribution in [1.82, 2.24) is 0 Å². The van der Waals surface area contributed by atoms with Crippen LogP contribution in [0, 0.1) is 0 Å². The van der Waals surface area contributed by atoms with E-state index in [1.165, 1.54) is 0 Å². The second-order valence-electron chi connectivity index (χ2n) is 3.26. The Bertz CT molecular complexity index is 393. The van der Waals surface area contributed by atoms with Gasteiger partial charge in [-0.25, -0.2) is 0 Å². The van der Waals surface area contributed by atoms with Crippen molar-refractivity contribution < 1.29 is 13.6 Å². The predicted molar refractivity (Wildman–Crippen MR) is 61.4 cm³/mol. The van der Waals surface area contributed by atoms with Crippen molar-refractivity contribution in [2.75, 3.05) is 13.6 Å². The predicted octanol–water partition coefficient (Wildman–Crippen LogP) is 2.50. The lowest BCUT2D eigenvalue weighted by Gasteiger charge is -2.14. The number of nitrogens with two attached hydrogens (primary N) is 1. The Labute approximate surface area is 95.4 Å². The van der Waals surface area contributed by atoms with Crippen LogP contribution in [0.25, 0.3) is 0 Å². The summed E-state index contributed by atoms with van der Waals surface area (Å²) in [7, 11) is -2.49. The average Bonchev–Trinajstić information content (AvgIpc) is 2.29. The van der Waals surface area contributed by atoms with E-state index in [1.807, 2.05) is 13.8 Å². The zero-order valence-electron chi connectivity index (χ0n) is 12.1. The molecule has 0 amide bonds. The van der Waals surface area contributed by atoms with Gasteiger partial charge in [0.15, 0.2) is 11.5 Å². The molecule has 3 nitrogen and oxygen atoms in total. The van der Waals surface area contributed by atoms with Crippen molar-refractivity contribution in [3.8, 4) is 11.5 Å². The highest BCUT2D eigenvalue weighted by Gasteiger charge is 2.09. The SMILES string of the molecule is [2H]C([2H])([2H])Oc1ccc(C(N)CC)cc1OCC. The van der Waals surface area contributed by atoms with E-state index in [0.717, 1.165) is 12.0 Å². The van der Waals surface area contributed by atoms with Gasteiger partial charge in [0.2, 0.25) is 0 Å². The van der Waals surface area contributed by atoms with Gasteiger partial charge in [-0.1, -0.05) is 13.0 Å². The normalized spacial score (nSPS) is 16.1. The van der Waals surface area contributed by atoms with Crippen LogP contribution in [-0.4, -0.2) is 13.6 Å². The molecule has 0 spiro atoms. The molecule has 3 heteroatoms. The smallest absolute Gasteiger partial charge is 0.161 e. The topological polar surface area (TPSA) is 44.5 Å². The fourth-order valence-corrected chi connectivity index (χ4v) is 1.34. The third kappa shape index (κ3) is 2.86. The highest BCUT2D eigenvalue weighted by atomic mass is 16.5. The van der Waals surface area contributed by atoms with Crippen LogP contribution in [0.4, 0.5) is 0 Å². The van der Waals surface area contributed by atoms with E-state index in [-0.39, 0.29) is 11.8 Å². The van der Waals surface area contributed by atoms with E-state index >= 15 is 0 Å². The molecular weight excluding hydrogens is 190 g/mol. The van der Waals surface area contributed by atoms with Crippen LogP contribution in [0.5, 0.6) is 11.5 Å². The molecule has 1 aromatic carbocycles. The van der Waals surface area contributed by atoms with Gasteiger partial charge in [-0.05, 0) is 31.0 Å². The summed E-state index contributed by atoms with van der Waals surface area (Å²) in [5.74, 6) is 0.624. The Morgan fingerprint density at radius 3 is 2.80 bits per heavy atom. The molecule has 2 N–H and O–H groups in total. The molecule has 15 heavy (non-hydrogen) atoms. The second kappa shape index (κ2) is 5.61. The van der Waals surface area contributed by atoms with Crippen LogP contribution < -0.4 is 15.2 Å². The number of ether oxygens (including phenoxy) is 2. The van der Waals surface area contributed by atoms with Gasteiger partial charge in [0.05, 0.1) is 17.8 Å². The highest BCUT2D eigenvalue weighted by molar-refractivity contribution is 5.43. The van der Waals surface area contributed by atoms with Gasteiger partial charge in [-0.15, -0.1) is 0 Å². The Kier molecular flexibility index (Phi) is 2.99. The summed E-state index contributed by atoms with van der Waals surface area (Å²) in [5.41, 5.74) is 6.83. The summed E-state index contributed by atoms with van der Waals surface area (Å²) in [6.45, 7) is 4.24. The highest BCUT2D eigenvalue weighted by Crippen LogP contribution is 2.30. The third-order valence-electron chi connectivity index (χ3n) is 2.25. The van der Waals surface area contributed by atoms with E-state index in [2.05, 4.69) is 0 Å². The fourth-order valence-electron chi connectivity index (χ4n) is 1.34. The minimum atomic E-state index is -2.49. The molecule has 0 heterocycles. The average molecular weight is 212 g/mol. The summed E-state index contributed by atoms with van der Waals surface area (Å²) in [6, 6.07) is 4.99. The van der Waals surface area contributed by atoms with Gasteiger partial charge < -0.3 is 15.2 Å². The largest absolute Gasteiger partial charge is 0.493 e. The number of hydrogen-bond donors (Lipinski definition) is 1. The number of benzene rings is 1. The first-order chi connectivity index (χ1) is 8.37. The van der Waals surface area contributed by atoms with E-state index in [4.69, 9.17) is 19.3 Å². The Morgan fingerprint density at radius 1 is 1.40 bits per heavy atom. The first kappa shape index (κ1) is 7.99. The molecule has 0 bridgehead atoms. The molecule has 1 atom stereocenters. The van der Waals surface area contributed by atoms with Crippen LogP contribution in [0.1, 0.15) is 36.0 Å². The summed E-state index contributed by atoms with van der Waals surface area (Å²) in [6.07, 6.45) is 0.797. The van der Waals surface area contributed by atoms with Crippen molar-refractivity contribution in [2.45, 2.75) is 26.3 Å². The summed E-state index contributed by atoms with van der Waals surface area (Å²) >= 11 is 0. The number of hydrogen-bond acceptors (Lipinski definition) is 3. The van der Waals surface area contributed by atoms with E-state index in [9.17, 15) is 0 Å². The van der Waals surface area contributed by atoms with Gasteiger partial charge in [-0.3, -0.25) is 0 Å². The molecule has 0 aromatic heterocycles. The lowest BCUT2D eigenvalue weighted by atomic mass is 10.1. The zero-order chi connectivity index (χ0) is 13.8. The first-order valence-electron chi connectivity index (χ1n) is 6.58. The third-order valence-corrected chi connectivity index (χ3v) is 2.25. The zero-order valence-corrected chi connectivity index (χ0v) is 9.12. The van der Waals surface area contributed by atoms with Crippen molar-refractivity contribution in [3.63, 3.8) is 0 Å². The summed E-state index contributed by atoms with van der Waals surface area (Å²) in [5, 5.41) is 0. The van der Waals surface area contributed by atoms with Crippen LogP contribution in [0.3, 0.4) is 0 Å². The Balaban J connectivity index is 3.04. The molecule has 0 aliphatic heterocycles. The lowest BCUT2D eigenvalue weighted by Crippen LogP contribution is -2.09. The molecule has 0 radical (unpaired) electrons. The van der Waals surface area contributed by atoms with Crippen molar-refractivity contribution in [1.29, 1.82) is 0 Å². The maximum absolute atomic E-state index is 7.10. The first-order valence-corrected chi connectivity index (χ1v) is 5.08. The van der Waals surface area contributed by atoms with Gasteiger partial charge >= 0.3 is 0 Å². The quantitative estimate of drug-likeness (QED) is 0.815. The van der Waals surface area contributed by atoms with Gasteiger partial charge in [-0.2, -0.15) is 0 Å². The van der Waals surface area contributed by atoms with Gasteiger partial charge in [0, 0.05) is 6.04 Å². The summed E-state index contributed by atoms with van der Waals surface area (Å²) in [4.78, 5) is 0. The number of methoxy groups -OCH3 is 1. The molecule has 84 valence electrons. The van der Waals surface area contributed by atoms with Gasteiger partial charge in [0.25, 0.3) is 0 Å². The molecule has 0 aliphatic rings. The summed E-state index contributed by atoms with van der Waals surface area (Å²) < 4.78 is 31.6.